The average Bonchev–Trinajstić information content (AvgIpc) is 2.38. The molecule has 0 unspecified atom stereocenters. The van der Waals surface area contributed by atoms with E-state index in [9.17, 15) is 0 Å². The van der Waals surface area contributed by atoms with E-state index in [-0.39, 0.29) is 0 Å². The van der Waals surface area contributed by atoms with E-state index in [1.165, 1.54) is 0 Å². The van der Waals surface area contributed by atoms with E-state index >= 15 is 0 Å². The summed E-state index contributed by atoms with van der Waals surface area (Å²) in [6, 6.07) is 16.0. The summed E-state index contributed by atoms with van der Waals surface area (Å²) in [6.45, 7) is 2.11. The zero-order chi connectivity index (χ0) is 11.2. The average molecular weight is 210 g/mol. The van der Waals surface area contributed by atoms with Crippen molar-refractivity contribution in [3.63, 3.8) is 0 Å². The highest BCUT2D eigenvalue weighted by Gasteiger charge is 2.00. The van der Waals surface area contributed by atoms with Crippen molar-refractivity contribution in [2.75, 3.05) is 0 Å². The fourth-order valence-corrected chi connectivity index (χ4v) is 1.54. The first-order valence-electron chi connectivity index (χ1n) is 5.44. The van der Waals surface area contributed by atoms with Crippen LogP contribution in [0.3, 0.4) is 0 Å². The second-order valence-corrected chi connectivity index (χ2v) is 3.47. The smallest absolute Gasteiger partial charge is 0.152 e. The van der Waals surface area contributed by atoms with Gasteiger partial charge < -0.3 is 0 Å². The zero-order valence-electron chi connectivity index (χ0n) is 9.30. The van der Waals surface area contributed by atoms with Crippen LogP contribution in [0, 0.1) is 0 Å². The van der Waals surface area contributed by atoms with Gasteiger partial charge >= 0.3 is 0 Å². The fraction of sp³-hybridized carbons (Fsp3) is 0.143. The lowest BCUT2D eigenvalue weighted by Gasteiger charge is -2.03. The third-order valence-corrected chi connectivity index (χ3v) is 2.34. The number of rotatable bonds is 3. The molecule has 0 N–H and O–H groups in total. The van der Waals surface area contributed by atoms with Crippen molar-refractivity contribution in [3.05, 3.63) is 60.3 Å². The molecule has 16 heavy (non-hydrogen) atoms. The van der Waals surface area contributed by atoms with Crippen molar-refractivity contribution in [1.29, 1.82) is 0 Å². The Kier molecular flexibility index (Phi) is 3.44. The van der Waals surface area contributed by atoms with Crippen LogP contribution in [-0.4, -0.2) is 10.7 Å². The fourth-order valence-electron chi connectivity index (χ4n) is 1.54. The van der Waals surface area contributed by atoms with Crippen molar-refractivity contribution in [2.45, 2.75) is 13.3 Å². The summed E-state index contributed by atoms with van der Waals surface area (Å²) in [5.41, 5.74) is 2.23. The normalized spacial score (nSPS) is 11.4. The summed E-state index contributed by atoms with van der Waals surface area (Å²) in [5.74, 6) is 0.767. The van der Waals surface area contributed by atoms with Crippen LogP contribution in [0.1, 0.15) is 18.9 Å². The van der Waals surface area contributed by atoms with Crippen molar-refractivity contribution in [2.24, 2.45) is 4.99 Å². The van der Waals surface area contributed by atoms with E-state index in [1.54, 1.807) is 6.20 Å². The van der Waals surface area contributed by atoms with E-state index in [4.69, 9.17) is 0 Å². The third-order valence-electron chi connectivity index (χ3n) is 2.34. The zero-order valence-corrected chi connectivity index (χ0v) is 9.30. The Morgan fingerprint density at radius 1 is 1.06 bits per heavy atom. The lowest BCUT2D eigenvalue weighted by atomic mass is 10.1. The highest BCUT2D eigenvalue weighted by molar-refractivity contribution is 6.01. The molecule has 2 nitrogen and oxygen atoms in total. The first-order chi connectivity index (χ1) is 7.90. The molecule has 0 saturated carbocycles. The molecule has 2 heteroatoms. The standard InChI is InChI=1S/C14H14N2/c1-2-13(12-8-4-3-5-9-12)16-14-10-6-7-11-15-14/h3-11H,2H2,1H3/b16-13-. The first-order valence-corrected chi connectivity index (χ1v) is 5.44. The molecular formula is C14H14N2. The molecule has 0 aliphatic carbocycles. The van der Waals surface area contributed by atoms with E-state index in [2.05, 4.69) is 29.0 Å². The van der Waals surface area contributed by atoms with E-state index in [0.29, 0.717) is 0 Å². The highest BCUT2D eigenvalue weighted by Crippen LogP contribution is 2.11. The third kappa shape index (κ3) is 2.54. The maximum absolute atomic E-state index is 4.55. The molecular weight excluding hydrogens is 196 g/mol. The van der Waals surface area contributed by atoms with Crippen LogP contribution >= 0.6 is 0 Å². The maximum atomic E-state index is 4.55. The Bertz CT molecular complexity index is 461. The van der Waals surface area contributed by atoms with Crippen molar-refractivity contribution in [1.82, 2.24) is 4.98 Å². The predicted molar refractivity (Wildman–Crippen MR) is 67.2 cm³/mol. The van der Waals surface area contributed by atoms with Crippen LogP contribution < -0.4 is 0 Å². The highest BCUT2D eigenvalue weighted by atomic mass is 14.9. The van der Waals surface area contributed by atoms with Crippen molar-refractivity contribution < 1.29 is 0 Å². The summed E-state index contributed by atoms with van der Waals surface area (Å²) in [7, 11) is 0. The summed E-state index contributed by atoms with van der Waals surface area (Å²) >= 11 is 0. The molecule has 0 spiro atoms. The van der Waals surface area contributed by atoms with Gasteiger partial charge in [0.05, 0.1) is 0 Å². The van der Waals surface area contributed by atoms with E-state index < -0.39 is 0 Å². The number of aliphatic imine (C=N–C) groups is 1. The van der Waals surface area contributed by atoms with Gasteiger partial charge in [-0.15, -0.1) is 0 Å². The number of benzene rings is 1. The Labute approximate surface area is 95.7 Å². The number of pyridine rings is 1. The molecule has 0 radical (unpaired) electrons. The topological polar surface area (TPSA) is 25.2 Å². The summed E-state index contributed by atoms with van der Waals surface area (Å²) in [5, 5.41) is 0. The Morgan fingerprint density at radius 3 is 2.44 bits per heavy atom. The van der Waals surface area contributed by atoms with Crippen LogP contribution in [0.2, 0.25) is 0 Å². The molecule has 1 aromatic heterocycles. The molecule has 0 atom stereocenters. The molecule has 0 amide bonds. The molecule has 2 rings (SSSR count). The number of hydrogen-bond donors (Lipinski definition) is 0. The summed E-state index contributed by atoms with van der Waals surface area (Å²) in [6.07, 6.45) is 2.66. The van der Waals surface area contributed by atoms with Gasteiger partial charge in [-0.1, -0.05) is 43.3 Å². The largest absolute Gasteiger partial charge is 0.237 e. The summed E-state index contributed by atoms with van der Waals surface area (Å²) < 4.78 is 0. The second-order valence-electron chi connectivity index (χ2n) is 3.47. The lowest BCUT2D eigenvalue weighted by Crippen LogP contribution is -1.97. The van der Waals surface area contributed by atoms with Gasteiger partial charge in [0.25, 0.3) is 0 Å². The monoisotopic (exact) mass is 210 g/mol. The minimum atomic E-state index is 0.767. The van der Waals surface area contributed by atoms with Crippen LogP contribution in [0.15, 0.2) is 59.7 Å². The Morgan fingerprint density at radius 2 is 1.81 bits per heavy atom. The van der Waals surface area contributed by atoms with Gasteiger partial charge in [-0.2, -0.15) is 0 Å². The van der Waals surface area contributed by atoms with Gasteiger partial charge in [0.1, 0.15) is 0 Å². The number of nitrogens with zero attached hydrogens (tertiary/aromatic N) is 2. The van der Waals surface area contributed by atoms with Crippen LogP contribution in [0.5, 0.6) is 0 Å². The SMILES string of the molecule is CC/C(=N/c1ccccn1)c1ccccc1. The Hall–Kier alpha value is -1.96. The van der Waals surface area contributed by atoms with Crippen molar-refractivity contribution >= 4 is 11.5 Å². The van der Waals surface area contributed by atoms with Gasteiger partial charge in [-0.3, -0.25) is 0 Å². The van der Waals surface area contributed by atoms with Gasteiger partial charge in [0, 0.05) is 11.9 Å². The molecule has 0 saturated heterocycles. The van der Waals surface area contributed by atoms with Crippen LogP contribution in [0.25, 0.3) is 0 Å². The molecule has 0 fully saturated rings. The molecule has 80 valence electrons. The van der Waals surface area contributed by atoms with Gasteiger partial charge in [0.15, 0.2) is 5.82 Å². The van der Waals surface area contributed by atoms with E-state index in [0.717, 1.165) is 23.5 Å². The maximum Gasteiger partial charge on any atom is 0.152 e. The van der Waals surface area contributed by atoms with Crippen molar-refractivity contribution in [3.8, 4) is 0 Å². The number of aromatic nitrogens is 1. The van der Waals surface area contributed by atoms with Gasteiger partial charge in [-0.25, -0.2) is 9.98 Å². The molecule has 1 aromatic carbocycles. The van der Waals surface area contributed by atoms with Crippen LogP contribution in [-0.2, 0) is 0 Å². The lowest BCUT2D eigenvalue weighted by molar-refractivity contribution is 1.22. The Balaban J connectivity index is 2.34. The number of hydrogen-bond acceptors (Lipinski definition) is 2. The quantitative estimate of drug-likeness (QED) is 0.710. The molecule has 0 aliphatic rings. The summed E-state index contributed by atoms with van der Waals surface area (Å²) in [4.78, 5) is 8.76. The molecule has 2 aromatic rings. The first kappa shape index (κ1) is 10.6. The minimum Gasteiger partial charge on any atom is -0.237 e. The van der Waals surface area contributed by atoms with Gasteiger partial charge in [-0.05, 0) is 24.1 Å². The van der Waals surface area contributed by atoms with E-state index in [1.807, 2.05) is 36.4 Å². The molecule has 0 bridgehead atoms. The minimum absolute atomic E-state index is 0.767. The molecule has 1 heterocycles. The molecule has 0 aliphatic heterocycles. The van der Waals surface area contributed by atoms with Crippen LogP contribution in [0.4, 0.5) is 5.82 Å². The van der Waals surface area contributed by atoms with Gasteiger partial charge in [0.2, 0.25) is 0 Å². The predicted octanol–water partition coefficient (Wildman–Crippen LogP) is 3.61. The second kappa shape index (κ2) is 5.21.